The lowest BCUT2D eigenvalue weighted by Gasteiger charge is -2.16. The van der Waals surface area contributed by atoms with E-state index in [1.165, 1.54) is 12.1 Å². The molecule has 2 nitrogen and oxygen atoms in total. The van der Waals surface area contributed by atoms with Gasteiger partial charge in [0, 0.05) is 11.5 Å². The van der Waals surface area contributed by atoms with Crippen LogP contribution in [-0.4, -0.2) is 12.3 Å². The Bertz CT molecular complexity index is 410. The van der Waals surface area contributed by atoms with E-state index in [-0.39, 0.29) is 23.4 Å². The van der Waals surface area contributed by atoms with Gasteiger partial charge in [0.1, 0.15) is 5.82 Å². The molecule has 3 heteroatoms. The van der Waals surface area contributed by atoms with Crippen molar-refractivity contribution < 1.29 is 9.18 Å². The lowest BCUT2D eigenvalue weighted by molar-refractivity contribution is 0.0893. The van der Waals surface area contributed by atoms with Gasteiger partial charge in [-0.05, 0) is 56.0 Å². The molecule has 2 atom stereocenters. The van der Waals surface area contributed by atoms with Crippen molar-refractivity contribution in [2.24, 2.45) is 17.6 Å². The normalized spacial score (nSPS) is 23.9. The number of aryl methyl sites for hydroxylation is 1. The molecule has 2 unspecified atom stereocenters. The molecule has 1 fully saturated rings. The van der Waals surface area contributed by atoms with E-state index < -0.39 is 0 Å². The Labute approximate surface area is 101 Å². The van der Waals surface area contributed by atoms with Crippen LogP contribution in [0.25, 0.3) is 0 Å². The van der Waals surface area contributed by atoms with Gasteiger partial charge in [0.15, 0.2) is 5.78 Å². The average molecular weight is 235 g/mol. The van der Waals surface area contributed by atoms with Crippen molar-refractivity contribution in [3.05, 3.63) is 35.1 Å². The third-order valence-electron chi connectivity index (χ3n) is 3.63. The molecule has 1 aromatic rings. The first-order valence-electron chi connectivity index (χ1n) is 6.13. The standard InChI is InChI=1S/C14H18FNO/c1-9-5-11(7-12(15)6-9)14(17)13-4-2-3-10(13)8-16/h5-7,10,13H,2-4,8,16H2,1H3. The van der Waals surface area contributed by atoms with Gasteiger partial charge in [0.2, 0.25) is 0 Å². The maximum Gasteiger partial charge on any atom is 0.166 e. The first kappa shape index (κ1) is 12.2. The second-order valence-electron chi connectivity index (χ2n) is 4.91. The molecule has 1 aromatic carbocycles. The van der Waals surface area contributed by atoms with Crippen LogP contribution in [0.5, 0.6) is 0 Å². The fourth-order valence-electron chi connectivity index (χ4n) is 2.76. The Hall–Kier alpha value is -1.22. The molecule has 1 saturated carbocycles. The molecule has 2 N–H and O–H groups in total. The molecule has 17 heavy (non-hydrogen) atoms. The van der Waals surface area contributed by atoms with E-state index in [0.29, 0.717) is 12.1 Å². The third-order valence-corrected chi connectivity index (χ3v) is 3.63. The van der Waals surface area contributed by atoms with E-state index in [2.05, 4.69) is 0 Å². The molecule has 0 bridgehead atoms. The summed E-state index contributed by atoms with van der Waals surface area (Å²) in [4.78, 5) is 12.3. The smallest absolute Gasteiger partial charge is 0.166 e. The highest BCUT2D eigenvalue weighted by Gasteiger charge is 2.32. The zero-order chi connectivity index (χ0) is 12.4. The molecule has 0 aliphatic heterocycles. The molecule has 2 rings (SSSR count). The summed E-state index contributed by atoms with van der Waals surface area (Å²) in [6.07, 6.45) is 2.95. The summed E-state index contributed by atoms with van der Waals surface area (Å²) in [6, 6.07) is 4.53. The van der Waals surface area contributed by atoms with Crippen LogP contribution < -0.4 is 5.73 Å². The molecule has 0 amide bonds. The van der Waals surface area contributed by atoms with Gasteiger partial charge in [-0.1, -0.05) is 6.42 Å². The number of carbonyl (C=O) groups excluding carboxylic acids is 1. The Morgan fingerprint density at radius 1 is 1.41 bits per heavy atom. The maximum atomic E-state index is 13.3. The molecule has 0 heterocycles. The minimum atomic E-state index is -0.337. The summed E-state index contributed by atoms with van der Waals surface area (Å²) < 4.78 is 13.3. The zero-order valence-electron chi connectivity index (χ0n) is 10.1. The minimum absolute atomic E-state index is 0.0128. The van der Waals surface area contributed by atoms with E-state index in [4.69, 9.17) is 5.73 Å². The molecule has 0 radical (unpaired) electrons. The molecule has 0 spiro atoms. The van der Waals surface area contributed by atoms with Crippen LogP contribution in [-0.2, 0) is 0 Å². The van der Waals surface area contributed by atoms with Crippen molar-refractivity contribution in [3.8, 4) is 0 Å². The number of hydrogen-bond acceptors (Lipinski definition) is 2. The number of carbonyl (C=O) groups is 1. The number of halogens is 1. The Balaban J connectivity index is 2.24. The highest BCUT2D eigenvalue weighted by molar-refractivity contribution is 5.98. The van der Waals surface area contributed by atoms with Crippen LogP contribution in [0.15, 0.2) is 18.2 Å². The van der Waals surface area contributed by atoms with Gasteiger partial charge < -0.3 is 5.73 Å². The van der Waals surface area contributed by atoms with Crippen LogP contribution in [0.3, 0.4) is 0 Å². The van der Waals surface area contributed by atoms with Crippen molar-refractivity contribution in [1.29, 1.82) is 0 Å². The lowest BCUT2D eigenvalue weighted by Crippen LogP contribution is -2.25. The van der Waals surface area contributed by atoms with E-state index in [9.17, 15) is 9.18 Å². The molecule has 1 aliphatic carbocycles. The Kier molecular flexibility index (Phi) is 3.57. The van der Waals surface area contributed by atoms with Gasteiger partial charge in [-0.15, -0.1) is 0 Å². The number of Topliss-reactive ketones (excluding diaryl/α,β-unsaturated/α-hetero) is 1. The Morgan fingerprint density at radius 2 is 2.18 bits per heavy atom. The van der Waals surface area contributed by atoms with Gasteiger partial charge in [-0.25, -0.2) is 4.39 Å². The first-order chi connectivity index (χ1) is 8.11. The highest BCUT2D eigenvalue weighted by atomic mass is 19.1. The number of hydrogen-bond donors (Lipinski definition) is 1. The van der Waals surface area contributed by atoms with E-state index in [1.54, 1.807) is 13.0 Å². The molecule has 0 aromatic heterocycles. The summed E-state index contributed by atoms with van der Waals surface area (Å²) in [5.74, 6) is -0.0246. The SMILES string of the molecule is Cc1cc(F)cc(C(=O)C2CCCC2CN)c1. The summed E-state index contributed by atoms with van der Waals surface area (Å²) in [5, 5.41) is 0. The van der Waals surface area contributed by atoms with Crippen molar-refractivity contribution in [3.63, 3.8) is 0 Å². The Morgan fingerprint density at radius 3 is 2.82 bits per heavy atom. The van der Waals surface area contributed by atoms with Crippen molar-refractivity contribution in [2.75, 3.05) is 6.54 Å². The number of ketones is 1. The maximum absolute atomic E-state index is 13.3. The van der Waals surface area contributed by atoms with Crippen LogP contribution in [0.4, 0.5) is 4.39 Å². The minimum Gasteiger partial charge on any atom is -0.330 e. The van der Waals surface area contributed by atoms with Crippen molar-refractivity contribution >= 4 is 5.78 Å². The highest BCUT2D eigenvalue weighted by Crippen LogP contribution is 2.33. The quantitative estimate of drug-likeness (QED) is 0.818. The van der Waals surface area contributed by atoms with Crippen LogP contribution in [0, 0.1) is 24.6 Å². The topological polar surface area (TPSA) is 43.1 Å². The van der Waals surface area contributed by atoms with Gasteiger partial charge in [0.05, 0.1) is 0 Å². The van der Waals surface area contributed by atoms with Crippen molar-refractivity contribution in [2.45, 2.75) is 26.2 Å². The predicted octanol–water partition coefficient (Wildman–Crippen LogP) is 2.69. The van der Waals surface area contributed by atoms with Gasteiger partial charge >= 0.3 is 0 Å². The second-order valence-corrected chi connectivity index (χ2v) is 4.91. The monoisotopic (exact) mass is 235 g/mol. The fourth-order valence-corrected chi connectivity index (χ4v) is 2.76. The van der Waals surface area contributed by atoms with Gasteiger partial charge in [0.25, 0.3) is 0 Å². The number of nitrogens with two attached hydrogens (primary N) is 1. The predicted molar refractivity (Wildman–Crippen MR) is 65.4 cm³/mol. The van der Waals surface area contributed by atoms with Crippen LogP contribution in [0.1, 0.15) is 35.2 Å². The first-order valence-corrected chi connectivity index (χ1v) is 6.13. The van der Waals surface area contributed by atoms with E-state index in [0.717, 1.165) is 24.8 Å². The van der Waals surface area contributed by atoms with Gasteiger partial charge in [-0.3, -0.25) is 4.79 Å². The van der Waals surface area contributed by atoms with Crippen LogP contribution >= 0.6 is 0 Å². The summed E-state index contributed by atoms with van der Waals surface area (Å²) in [7, 11) is 0. The molecule has 92 valence electrons. The number of benzene rings is 1. The van der Waals surface area contributed by atoms with E-state index in [1.807, 2.05) is 0 Å². The third kappa shape index (κ3) is 2.55. The second kappa shape index (κ2) is 4.96. The van der Waals surface area contributed by atoms with Gasteiger partial charge in [-0.2, -0.15) is 0 Å². The van der Waals surface area contributed by atoms with Crippen LogP contribution in [0.2, 0.25) is 0 Å². The fraction of sp³-hybridized carbons (Fsp3) is 0.500. The molecule has 0 saturated heterocycles. The summed E-state index contributed by atoms with van der Waals surface area (Å²) in [6.45, 7) is 2.35. The summed E-state index contributed by atoms with van der Waals surface area (Å²) >= 11 is 0. The zero-order valence-corrected chi connectivity index (χ0v) is 10.1. The number of rotatable bonds is 3. The summed E-state index contributed by atoms with van der Waals surface area (Å²) in [5.41, 5.74) is 6.95. The molecule has 1 aliphatic rings. The van der Waals surface area contributed by atoms with Crippen molar-refractivity contribution in [1.82, 2.24) is 0 Å². The lowest BCUT2D eigenvalue weighted by atomic mass is 9.88. The average Bonchev–Trinajstić information content (AvgIpc) is 2.74. The molecular formula is C14H18FNO. The van der Waals surface area contributed by atoms with E-state index >= 15 is 0 Å². The molecular weight excluding hydrogens is 217 g/mol. The largest absolute Gasteiger partial charge is 0.330 e.